The second kappa shape index (κ2) is 6.51. The molecule has 1 N–H and O–H groups in total. The lowest BCUT2D eigenvalue weighted by Gasteiger charge is -2.06. The largest absolute Gasteiger partial charge is 0.241 e. The van der Waals surface area contributed by atoms with Gasteiger partial charge in [-0.05, 0) is 53.0 Å². The lowest BCUT2D eigenvalue weighted by Crippen LogP contribution is -2.26. The molecular weight excluding hydrogens is 384 g/mol. The molecule has 2 aromatic rings. The van der Waals surface area contributed by atoms with Crippen LogP contribution >= 0.6 is 27.3 Å². The van der Waals surface area contributed by atoms with Crippen molar-refractivity contribution in [1.82, 2.24) is 4.72 Å². The summed E-state index contributed by atoms with van der Waals surface area (Å²) in [6.45, 7) is 1.78. The van der Waals surface area contributed by atoms with Gasteiger partial charge in [-0.1, -0.05) is 0 Å². The summed E-state index contributed by atoms with van der Waals surface area (Å²) in [5.41, 5.74) is 0.401. The summed E-state index contributed by atoms with van der Waals surface area (Å²) < 4.78 is 53.4. The van der Waals surface area contributed by atoms with Gasteiger partial charge in [-0.25, -0.2) is 21.9 Å². The number of aryl methyl sites for hydroxylation is 1. The van der Waals surface area contributed by atoms with Crippen LogP contribution in [0.15, 0.2) is 32.9 Å². The van der Waals surface area contributed by atoms with Gasteiger partial charge in [-0.15, -0.1) is 11.3 Å². The Bertz CT molecular complexity index is 739. The number of halogens is 3. The van der Waals surface area contributed by atoms with E-state index in [4.69, 9.17) is 0 Å². The maximum absolute atomic E-state index is 13.0. The highest BCUT2D eigenvalue weighted by molar-refractivity contribution is 9.11. The highest BCUT2D eigenvalue weighted by Crippen LogP contribution is 2.29. The van der Waals surface area contributed by atoms with Gasteiger partial charge in [0.1, 0.15) is 11.6 Å². The van der Waals surface area contributed by atoms with Crippen molar-refractivity contribution >= 4 is 37.3 Å². The van der Waals surface area contributed by atoms with Crippen molar-refractivity contribution in [2.24, 2.45) is 0 Å². The zero-order valence-electron chi connectivity index (χ0n) is 11.0. The van der Waals surface area contributed by atoms with Crippen LogP contribution in [0, 0.1) is 18.6 Å². The topological polar surface area (TPSA) is 46.2 Å². The fraction of sp³-hybridized carbons (Fsp3) is 0.231. The first-order valence-electron chi connectivity index (χ1n) is 5.98. The first-order chi connectivity index (χ1) is 9.78. The monoisotopic (exact) mass is 395 g/mol. The molecule has 0 aliphatic carbocycles. The van der Waals surface area contributed by atoms with Gasteiger partial charge in [0.05, 0.1) is 8.68 Å². The number of nitrogens with one attached hydrogen (secondary N) is 1. The molecule has 0 unspecified atom stereocenters. The molecule has 1 heterocycles. The molecule has 0 fully saturated rings. The Morgan fingerprint density at radius 3 is 2.33 bits per heavy atom. The number of hydrogen-bond acceptors (Lipinski definition) is 3. The molecule has 1 aromatic heterocycles. The molecule has 0 radical (unpaired) electrons. The molecule has 0 saturated carbocycles. The van der Waals surface area contributed by atoms with Crippen LogP contribution in [0.3, 0.4) is 0 Å². The van der Waals surface area contributed by atoms with Crippen molar-refractivity contribution in [2.45, 2.75) is 18.2 Å². The van der Waals surface area contributed by atoms with Gasteiger partial charge >= 0.3 is 0 Å². The van der Waals surface area contributed by atoms with E-state index in [0.717, 1.165) is 9.85 Å². The number of benzene rings is 1. The van der Waals surface area contributed by atoms with Gasteiger partial charge in [-0.3, -0.25) is 0 Å². The van der Waals surface area contributed by atoms with E-state index in [9.17, 15) is 17.2 Å². The van der Waals surface area contributed by atoms with E-state index >= 15 is 0 Å². The molecule has 2 rings (SSSR count). The van der Waals surface area contributed by atoms with Gasteiger partial charge in [-0.2, -0.15) is 0 Å². The fourth-order valence-electron chi connectivity index (χ4n) is 1.86. The highest BCUT2D eigenvalue weighted by Gasteiger charge is 2.18. The van der Waals surface area contributed by atoms with Crippen LogP contribution in [0.4, 0.5) is 8.78 Å². The summed E-state index contributed by atoms with van der Waals surface area (Å²) in [5, 5.41) is 0. The Hall–Kier alpha value is -0.830. The van der Waals surface area contributed by atoms with Crippen LogP contribution in [0.5, 0.6) is 0 Å². The minimum atomic E-state index is -3.62. The van der Waals surface area contributed by atoms with E-state index in [1.54, 1.807) is 6.92 Å². The van der Waals surface area contributed by atoms with Crippen molar-refractivity contribution in [3.63, 3.8) is 0 Å². The van der Waals surface area contributed by atoms with E-state index < -0.39 is 21.7 Å². The summed E-state index contributed by atoms with van der Waals surface area (Å²) in [6, 6.07) is 4.68. The third-order valence-electron chi connectivity index (χ3n) is 2.76. The van der Waals surface area contributed by atoms with E-state index in [1.165, 1.54) is 29.5 Å². The standard InChI is InChI=1S/C13H12BrF2NO2S2/c1-8-12(7-13(14)20-8)21(18,19)17-3-2-9-4-10(15)6-11(16)5-9/h4-7,17H,2-3H2,1H3. The number of thiophene rings is 1. The molecule has 0 amide bonds. The highest BCUT2D eigenvalue weighted by atomic mass is 79.9. The van der Waals surface area contributed by atoms with Gasteiger partial charge in [0, 0.05) is 17.5 Å². The number of sulfonamides is 1. The smallest absolute Gasteiger partial charge is 0.211 e. The zero-order valence-corrected chi connectivity index (χ0v) is 14.2. The molecule has 0 spiro atoms. The lowest BCUT2D eigenvalue weighted by molar-refractivity contribution is 0.576. The minimum Gasteiger partial charge on any atom is -0.211 e. The molecule has 3 nitrogen and oxygen atoms in total. The Morgan fingerprint density at radius 2 is 1.81 bits per heavy atom. The molecule has 21 heavy (non-hydrogen) atoms. The van der Waals surface area contributed by atoms with E-state index in [1.807, 2.05) is 0 Å². The first kappa shape index (κ1) is 16.5. The second-order valence-corrected chi connectivity index (χ2v) is 8.77. The number of hydrogen-bond donors (Lipinski definition) is 1. The summed E-state index contributed by atoms with van der Waals surface area (Å²) in [5.74, 6) is -1.35. The Labute approximate surface area is 134 Å². The van der Waals surface area contributed by atoms with Crippen LogP contribution < -0.4 is 4.72 Å². The zero-order chi connectivity index (χ0) is 15.6. The molecular formula is C13H12BrF2NO2S2. The van der Waals surface area contributed by atoms with E-state index in [2.05, 4.69) is 20.7 Å². The van der Waals surface area contributed by atoms with Crippen molar-refractivity contribution in [1.29, 1.82) is 0 Å². The Balaban J connectivity index is 2.04. The quantitative estimate of drug-likeness (QED) is 0.839. The lowest BCUT2D eigenvalue weighted by atomic mass is 10.1. The van der Waals surface area contributed by atoms with Gasteiger partial charge in [0.25, 0.3) is 0 Å². The predicted molar refractivity (Wildman–Crippen MR) is 82.0 cm³/mol. The Morgan fingerprint density at radius 1 is 1.19 bits per heavy atom. The summed E-state index contributed by atoms with van der Waals surface area (Å²) >= 11 is 4.57. The van der Waals surface area contributed by atoms with Crippen LogP contribution in [0.1, 0.15) is 10.4 Å². The van der Waals surface area contributed by atoms with Gasteiger partial charge in [0.15, 0.2) is 0 Å². The molecule has 1 aromatic carbocycles. The van der Waals surface area contributed by atoms with Crippen LogP contribution in [0.25, 0.3) is 0 Å². The average molecular weight is 396 g/mol. The second-order valence-electron chi connectivity index (χ2n) is 4.40. The Kier molecular flexibility index (Phi) is 5.13. The van der Waals surface area contributed by atoms with Crippen molar-refractivity contribution in [3.8, 4) is 0 Å². The number of rotatable bonds is 5. The van der Waals surface area contributed by atoms with E-state index in [-0.39, 0.29) is 17.9 Å². The fourth-order valence-corrected chi connectivity index (χ4v) is 5.30. The third kappa shape index (κ3) is 4.32. The van der Waals surface area contributed by atoms with Crippen LogP contribution in [-0.2, 0) is 16.4 Å². The van der Waals surface area contributed by atoms with Crippen molar-refractivity contribution in [2.75, 3.05) is 6.54 Å². The minimum absolute atomic E-state index is 0.0676. The summed E-state index contributed by atoms with van der Waals surface area (Å²) in [4.78, 5) is 0.885. The van der Waals surface area contributed by atoms with Gasteiger partial charge < -0.3 is 0 Å². The van der Waals surface area contributed by atoms with Gasteiger partial charge in [0.2, 0.25) is 10.0 Å². The van der Waals surface area contributed by atoms with Crippen LogP contribution in [0.2, 0.25) is 0 Å². The van der Waals surface area contributed by atoms with Crippen molar-refractivity contribution < 1.29 is 17.2 Å². The summed E-state index contributed by atoms with van der Waals surface area (Å²) in [6.07, 6.45) is 0.207. The maximum atomic E-state index is 13.0. The normalized spacial score (nSPS) is 11.8. The molecule has 0 atom stereocenters. The third-order valence-corrected chi connectivity index (χ3v) is 6.03. The molecule has 114 valence electrons. The maximum Gasteiger partial charge on any atom is 0.241 e. The average Bonchev–Trinajstić information content (AvgIpc) is 2.67. The predicted octanol–water partition coefficient (Wildman–Crippen LogP) is 3.62. The van der Waals surface area contributed by atoms with Crippen molar-refractivity contribution in [3.05, 3.63) is 50.1 Å². The first-order valence-corrected chi connectivity index (χ1v) is 9.08. The molecule has 8 heteroatoms. The molecule has 0 aliphatic heterocycles. The molecule has 0 bridgehead atoms. The molecule has 0 saturated heterocycles. The van der Waals surface area contributed by atoms with Crippen LogP contribution in [-0.4, -0.2) is 15.0 Å². The molecule has 0 aliphatic rings. The van der Waals surface area contributed by atoms with E-state index in [0.29, 0.717) is 10.4 Å². The SMILES string of the molecule is Cc1sc(Br)cc1S(=O)(=O)NCCc1cc(F)cc(F)c1. The summed E-state index contributed by atoms with van der Waals surface area (Å²) in [7, 11) is -3.62.